The van der Waals surface area contributed by atoms with Crippen LogP contribution in [0, 0.1) is 5.82 Å². The number of hydrogen-bond acceptors (Lipinski definition) is 15. The number of amides is 6. The highest BCUT2D eigenvalue weighted by atomic mass is 32.2. The summed E-state index contributed by atoms with van der Waals surface area (Å²) in [6.07, 6.45) is 7.83. The van der Waals surface area contributed by atoms with Gasteiger partial charge in [-0.05, 0) is 80.6 Å². The molecular formula is C48H67FN10O10S. The van der Waals surface area contributed by atoms with E-state index in [0.717, 1.165) is 43.7 Å². The molecule has 3 aromatic rings. The molecule has 2 saturated heterocycles. The average Bonchev–Trinajstić information content (AvgIpc) is 3.91. The first kappa shape index (κ1) is 54.9. The summed E-state index contributed by atoms with van der Waals surface area (Å²) in [5.74, 6) is 0.433. The van der Waals surface area contributed by atoms with Crippen LogP contribution >= 0.6 is 11.8 Å². The van der Waals surface area contributed by atoms with Gasteiger partial charge in [-0.25, -0.2) is 14.2 Å². The Bertz CT molecular complexity index is 2110. The maximum atomic E-state index is 14.5. The summed E-state index contributed by atoms with van der Waals surface area (Å²) >= 11 is 1.89. The zero-order valence-electron chi connectivity index (χ0n) is 39.5. The van der Waals surface area contributed by atoms with Gasteiger partial charge in [-0.1, -0.05) is 19.1 Å². The second-order valence-electron chi connectivity index (χ2n) is 16.2. The molecule has 20 nitrogen and oxygen atoms in total. The fourth-order valence-corrected chi connectivity index (χ4v) is 8.70. The molecule has 2 aliphatic heterocycles. The molecule has 3 heterocycles. The summed E-state index contributed by atoms with van der Waals surface area (Å²) < 4.78 is 42.5. The Labute approximate surface area is 412 Å². The molecule has 3 atom stereocenters. The van der Waals surface area contributed by atoms with Gasteiger partial charge in [0.25, 0.3) is 0 Å². The van der Waals surface area contributed by atoms with E-state index in [9.17, 15) is 28.4 Å². The van der Waals surface area contributed by atoms with Crippen LogP contribution in [-0.4, -0.2) is 142 Å². The second-order valence-corrected chi connectivity index (χ2v) is 17.5. The predicted molar refractivity (Wildman–Crippen MR) is 265 cm³/mol. The molecule has 2 fully saturated rings. The van der Waals surface area contributed by atoms with Gasteiger partial charge in [-0.15, -0.1) is 0 Å². The van der Waals surface area contributed by atoms with E-state index in [-0.39, 0.29) is 66.4 Å². The molecule has 5 rings (SSSR count). The Morgan fingerprint density at radius 1 is 0.714 bits per heavy atom. The summed E-state index contributed by atoms with van der Waals surface area (Å²) in [6.45, 7) is 8.56. The van der Waals surface area contributed by atoms with Gasteiger partial charge in [0.15, 0.2) is 11.6 Å². The number of aromatic nitrogens is 2. The highest BCUT2D eigenvalue weighted by molar-refractivity contribution is 8.00. The zero-order chi connectivity index (χ0) is 49.6. The summed E-state index contributed by atoms with van der Waals surface area (Å²) in [6, 6.07) is 14.1. The lowest BCUT2D eigenvalue weighted by molar-refractivity contribution is -0.123. The van der Waals surface area contributed by atoms with Crippen molar-refractivity contribution in [2.45, 2.75) is 75.1 Å². The number of hydrogen-bond donors (Lipinski definition) is 8. The molecule has 70 heavy (non-hydrogen) atoms. The minimum Gasteiger partial charge on any atom is -0.491 e. The van der Waals surface area contributed by atoms with E-state index in [2.05, 4.69) is 59.1 Å². The number of nitrogens with zero attached hydrogens (tertiary/aromatic N) is 2. The third-order valence-electron chi connectivity index (χ3n) is 10.7. The summed E-state index contributed by atoms with van der Waals surface area (Å²) in [5, 5.41) is 23.5. The molecule has 0 bridgehead atoms. The van der Waals surface area contributed by atoms with Crippen molar-refractivity contribution in [3.63, 3.8) is 0 Å². The number of halogens is 1. The number of ether oxygens (including phenoxy) is 5. The van der Waals surface area contributed by atoms with Crippen LogP contribution in [0.3, 0.4) is 0 Å². The predicted octanol–water partition coefficient (Wildman–Crippen LogP) is 4.70. The van der Waals surface area contributed by atoms with E-state index in [4.69, 9.17) is 23.7 Å². The summed E-state index contributed by atoms with van der Waals surface area (Å²) in [7, 11) is 0. The van der Waals surface area contributed by atoms with E-state index < -0.39 is 5.82 Å². The van der Waals surface area contributed by atoms with Crippen molar-refractivity contribution in [3.8, 4) is 5.75 Å². The van der Waals surface area contributed by atoms with Crippen LogP contribution in [0.15, 0.2) is 67.4 Å². The van der Waals surface area contributed by atoms with E-state index in [1.54, 1.807) is 48.5 Å². The lowest BCUT2D eigenvalue weighted by Gasteiger charge is -2.16. The molecule has 8 N–H and O–H groups in total. The van der Waals surface area contributed by atoms with Crippen molar-refractivity contribution in [2.24, 2.45) is 0 Å². The molecule has 22 heteroatoms. The van der Waals surface area contributed by atoms with Crippen molar-refractivity contribution in [1.82, 2.24) is 36.6 Å². The van der Waals surface area contributed by atoms with Gasteiger partial charge in [0, 0.05) is 80.2 Å². The van der Waals surface area contributed by atoms with E-state index >= 15 is 0 Å². The highest BCUT2D eigenvalue weighted by Gasteiger charge is 2.42. The maximum Gasteiger partial charge on any atom is 0.315 e. The minimum absolute atomic E-state index is 0.0528. The lowest BCUT2D eigenvalue weighted by Crippen LogP contribution is -2.36. The second kappa shape index (κ2) is 31.9. The molecule has 2 aromatic carbocycles. The number of unbranched alkanes of at least 4 members (excludes halogenated alkanes) is 1. The van der Waals surface area contributed by atoms with Crippen molar-refractivity contribution >= 4 is 70.3 Å². The number of anilines is 5. The summed E-state index contributed by atoms with van der Waals surface area (Å²) in [5.41, 5.74) is 1.66. The van der Waals surface area contributed by atoms with Crippen molar-refractivity contribution in [2.75, 3.05) is 101 Å². The van der Waals surface area contributed by atoms with Crippen LogP contribution in [0.25, 0.3) is 0 Å². The van der Waals surface area contributed by atoms with Gasteiger partial charge in [0.1, 0.15) is 12.4 Å². The average molecular weight is 995 g/mol. The molecule has 0 aliphatic carbocycles. The molecule has 0 radical (unpaired) electrons. The number of carbonyl (C=O) groups is 5. The quantitative estimate of drug-likeness (QED) is 0.0223. The van der Waals surface area contributed by atoms with E-state index in [1.807, 2.05) is 11.8 Å². The Morgan fingerprint density at radius 3 is 2.04 bits per heavy atom. The molecular weight excluding hydrogens is 928 g/mol. The monoisotopic (exact) mass is 994 g/mol. The molecule has 382 valence electrons. The first-order chi connectivity index (χ1) is 34.1. The van der Waals surface area contributed by atoms with Crippen LogP contribution < -0.4 is 47.3 Å². The first-order valence-corrected chi connectivity index (χ1v) is 24.8. The zero-order valence-corrected chi connectivity index (χ0v) is 40.3. The van der Waals surface area contributed by atoms with Gasteiger partial charge < -0.3 is 66.2 Å². The van der Waals surface area contributed by atoms with Gasteiger partial charge in [0.2, 0.25) is 29.6 Å². The topological polar surface area (TPSA) is 254 Å². The number of nitrogens with one attached hydrogen (secondary N) is 8. The van der Waals surface area contributed by atoms with E-state index in [1.165, 1.54) is 0 Å². The number of rotatable bonds is 36. The summed E-state index contributed by atoms with van der Waals surface area (Å²) in [4.78, 5) is 67.8. The maximum absolute atomic E-state index is 14.5. The largest absolute Gasteiger partial charge is 0.491 e. The molecule has 2 aliphatic rings. The lowest BCUT2D eigenvalue weighted by atomic mass is 10.0. The highest BCUT2D eigenvalue weighted by Crippen LogP contribution is 2.33. The standard InChI is InChI=1S/C48H67FN10O10S/c1-2-41(60)54-35-9-5-10-36(31-35)55-46-38(49)32-53-47(59-46)56-34-15-17-37(18-16-34)69-30-29-67-24-21-52-44(63)14-6-13-43(62)51-20-8-23-66-26-28-68-27-25-65-22-7-19-50-42(61)12-4-3-11-40-45-39(33-70-40)57-48(64)58-45/h2,5,9-10,15-18,31-32,39-40,45H,1,3-4,6-8,11-14,19-30,33H2,(H,50,61)(H,51,62)(H,52,63)(H,54,60)(H2,57,58,64)(H2,53,55,56,59). The number of carbonyl (C=O) groups excluding carboxylic acids is 5. The molecule has 1 aromatic heterocycles. The molecule has 0 spiro atoms. The smallest absolute Gasteiger partial charge is 0.315 e. The third kappa shape index (κ3) is 21.7. The van der Waals surface area contributed by atoms with Crippen molar-refractivity contribution < 1.29 is 52.0 Å². The van der Waals surface area contributed by atoms with Crippen LogP contribution in [0.4, 0.5) is 38.0 Å². The van der Waals surface area contributed by atoms with Gasteiger partial charge in [-0.3, -0.25) is 19.2 Å². The van der Waals surface area contributed by atoms with Gasteiger partial charge in [-0.2, -0.15) is 16.7 Å². The number of urea groups is 1. The normalized spacial score (nSPS) is 15.8. The Balaban J connectivity index is 0.751. The van der Waals surface area contributed by atoms with Crippen LogP contribution in [0.2, 0.25) is 0 Å². The van der Waals surface area contributed by atoms with Gasteiger partial charge >= 0.3 is 6.03 Å². The first-order valence-electron chi connectivity index (χ1n) is 23.8. The molecule has 3 unspecified atom stereocenters. The third-order valence-corrected chi connectivity index (χ3v) is 12.2. The SMILES string of the molecule is C=CC(=O)Nc1cccc(Nc2nc(Nc3ccc(OCCOCCNC(=O)CCCC(=O)NCCCOCCOCCOCCCNC(=O)CCCCC4SCC5NC(=O)NC54)cc3)ncc2F)c1. The van der Waals surface area contributed by atoms with Crippen LogP contribution in [-0.2, 0) is 38.1 Å². The van der Waals surface area contributed by atoms with Crippen molar-refractivity contribution in [3.05, 3.63) is 73.2 Å². The van der Waals surface area contributed by atoms with Crippen molar-refractivity contribution in [1.29, 1.82) is 0 Å². The Kier molecular flexibility index (Phi) is 25.0. The minimum atomic E-state index is -0.657. The molecule has 6 amide bonds. The fourth-order valence-electron chi connectivity index (χ4n) is 7.16. The number of benzene rings is 2. The number of thioether (sulfide) groups is 1. The van der Waals surface area contributed by atoms with E-state index in [0.29, 0.717) is 126 Å². The molecule has 0 saturated carbocycles. The number of fused-ring (bicyclic) bond motifs is 1. The Hall–Kier alpha value is -6.07. The fraction of sp³-hybridized carbons (Fsp3) is 0.521. The Morgan fingerprint density at radius 2 is 1.34 bits per heavy atom. The van der Waals surface area contributed by atoms with Crippen LogP contribution in [0.1, 0.15) is 57.8 Å². The van der Waals surface area contributed by atoms with Gasteiger partial charge in [0.05, 0.1) is 57.9 Å². The van der Waals surface area contributed by atoms with Crippen LogP contribution in [0.5, 0.6) is 5.75 Å².